The lowest BCUT2D eigenvalue weighted by Crippen LogP contribution is -2.38. The molecular weight excluding hydrogens is 344 g/mol. The van der Waals surface area contributed by atoms with Gasteiger partial charge in [-0.3, -0.25) is 4.79 Å². The first kappa shape index (κ1) is 21.2. The van der Waals surface area contributed by atoms with Crippen LogP contribution in [0, 0.1) is 17.3 Å². The van der Waals surface area contributed by atoms with Gasteiger partial charge in [-0.2, -0.15) is 0 Å². The Morgan fingerprint density at radius 1 is 1.15 bits per heavy atom. The molecule has 0 radical (unpaired) electrons. The number of benzene rings is 1. The molecule has 146 valence electrons. The molecule has 0 bridgehead atoms. The number of nitrogens with zero attached hydrogens (tertiary/aromatic N) is 1. The average molecular weight is 379 g/mol. The van der Waals surface area contributed by atoms with E-state index < -0.39 is 0 Å². The van der Waals surface area contributed by atoms with Crippen LogP contribution < -0.4 is 5.32 Å². The molecular formula is C22H35ClN2O. The maximum Gasteiger partial charge on any atom is 0.223 e. The van der Waals surface area contributed by atoms with Gasteiger partial charge >= 0.3 is 0 Å². The molecule has 1 N–H and O–H groups in total. The molecule has 1 aliphatic carbocycles. The van der Waals surface area contributed by atoms with Gasteiger partial charge in [0, 0.05) is 10.9 Å². The van der Waals surface area contributed by atoms with E-state index in [-0.39, 0.29) is 17.9 Å². The highest BCUT2D eigenvalue weighted by Crippen LogP contribution is 2.40. The smallest absolute Gasteiger partial charge is 0.223 e. The zero-order valence-corrected chi connectivity index (χ0v) is 17.8. The lowest BCUT2D eigenvalue weighted by atomic mass is 9.69. The van der Waals surface area contributed by atoms with Crippen molar-refractivity contribution < 1.29 is 4.79 Å². The van der Waals surface area contributed by atoms with E-state index in [1.807, 2.05) is 24.3 Å². The molecule has 1 fully saturated rings. The fraction of sp³-hybridized carbons (Fsp3) is 0.682. The van der Waals surface area contributed by atoms with Crippen LogP contribution in [0.4, 0.5) is 0 Å². The van der Waals surface area contributed by atoms with Gasteiger partial charge in [-0.1, -0.05) is 44.5 Å². The summed E-state index contributed by atoms with van der Waals surface area (Å²) < 4.78 is 0. The molecule has 0 heterocycles. The maximum atomic E-state index is 12.9. The van der Waals surface area contributed by atoms with Crippen LogP contribution in [0.25, 0.3) is 0 Å². The van der Waals surface area contributed by atoms with Crippen LogP contribution in [0.1, 0.15) is 64.5 Å². The highest BCUT2D eigenvalue weighted by molar-refractivity contribution is 6.30. The van der Waals surface area contributed by atoms with E-state index in [1.165, 1.54) is 0 Å². The van der Waals surface area contributed by atoms with Gasteiger partial charge in [0.1, 0.15) is 0 Å². The predicted octanol–water partition coefficient (Wildman–Crippen LogP) is 5.30. The minimum absolute atomic E-state index is 0.0440. The fourth-order valence-corrected chi connectivity index (χ4v) is 4.04. The maximum absolute atomic E-state index is 12.9. The molecule has 1 unspecified atom stereocenters. The summed E-state index contributed by atoms with van der Waals surface area (Å²) in [6, 6.07) is 7.90. The van der Waals surface area contributed by atoms with Gasteiger partial charge in [-0.05, 0) is 81.8 Å². The van der Waals surface area contributed by atoms with Crippen molar-refractivity contribution >= 4 is 17.5 Å². The summed E-state index contributed by atoms with van der Waals surface area (Å²) in [6.45, 7) is 7.88. The Bertz CT molecular complexity index is 569. The quantitative estimate of drug-likeness (QED) is 0.728. The van der Waals surface area contributed by atoms with Crippen LogP contribution in [0.2, 0.25) is 5.02 Å². The first-order valence-electron chi connectivity index (χ1n) is 9.87. The number of halogens is 1. The van der Waals surface area contributed by atoms with E-state index in [9.17, 15) is 4.79 Å². The molecule has 0 saturated heterocycles. The van der Waals surface area contributed by atoms with E-state index >= 15 is 0 Å². The SMILES string of the molecule is CN(C)CCC(NC(=O)C1CCC(C(C)(C)C)CC1)c1ccc(Cl)cc1. The van der Waals surface area contributed by atoms with Crippen LogP contribution >= 0.6 is 11.6 Å². The molecule has 4 heteroatoms. The summed E-state index contributed by atoms with van der Waals surface area (Å²) >= 11 is 6.03. The molecule has 1 saturated carbocycles. The number of hydrogen-bond acceptors (Lipinski definition) is 2. The van der Waals surface area contributed by atoms with Crippen LogP contribution in [0.15, 0.2) is 24.3 Å². The number of nitrogens with one attached hydrogen (secondary N) is 1. The Hall–Kier alpha value is -1.06. The number of amides is 1. The second-order valence-electron chi connectivity index (χ2n) is 9.12. The summed E-state index contributed by atoms with van der Waals surface area (Å²) in [7, 11) is 4.13. The molecule has 3 nitrogen and oxygen atoms in total. The second kappa shape index (κ2) is 9.23. The van der Waals surface area contributed by atoms with E-state index in [4.69, 9.17) is 11.6 Å². The Morgan fingerprint density at radius 2 is 1.73 bits per heavy atom. The summed E-state index contributed by atoms with van der Waals surface area (Å²) in [4.78, 5) is 15.1. The molecule has 0 spiro atoms. The van der Waals surface area contributed by atoms with E-state index in [0.717, 1.165) is 55.2 Å². The average Bonchev–Trinajstić information content (AvgIpc) is 2.58. The van der Waals surface area contributed by atoms with E-state index in [2.05, 4.69) is 45.1 Å². The minimum atomic E-state index is 0.0440. The van der Waals surface area contributed by atoms with Gasteiger partial charge in [0.2, 0.25) is 5.91 Å². The first-order valence-corrected chi connectivity index (χ1v) is 10.2. The predicted molar refractivity (Wildman–Crippen MR) is 110 cm³/mol. The molecule has 1 aromatic carbocycles. The Labute approximate surface area is 164 Å². The molecule has 1 amide bonds. The third-order valence-electron chi connectivity index (χ3n) is 5.78. The van der Waals surface area contributed by atoms with E-state index in [0.29, 0.717) is 5.41 Å². The van der Waals surface area contributed by atoms with Crippen LogP contribution in [0.3, 0.4) is 0 Å². The largest absolute Gasteiger partial charge is 0.349 e. The zero-order chi connectivity index (χ0) is 19.3. The van der Waals surface area contributed by atoms with Crippen LogP contribution in [-0.2, 0) is 4.79 Å². The molecule has 2 rings (SSSR count). The van der Waals surface area contributed by atoms with Crippen molar-refractivity contribution in [2.75, 3.05) is 20.6 Å². The number of carbonyl (C=O) groups is 1. The lowest BCUT2D eigenvalue weighted by molar-refractivity contribution is -0.127. The monoisotopic (exact) mass is 378 g/mol. The lowest BCUT2D eigenvalue weighted by Gasteiger charge is -2.37. The summed E-state index contributed by atoms with van der Waals surface area (Å²) in [5, 5.41) is 4.05. The van der Waals surface area contributed by atoms with Gasteiger partial charge in [-0.25, -0.2) is 0 Å². The number of carbonyl (C=O) groups excluding carboxylic acids is 1. The van der Waals surface area contributed by atoms with Gasteiger partial charge in [0.05, 0.1) is 6.04 Å². The molecule has 0 aliphatic heterocycles. The standard InChI is InChI=1S/C22H35ClN2O/c1-22(2,3)18-10-6-17(7-11-18)21(26)24-20(14-15-25(4)5)16-8-12-19(23)13-9-16/h8-9,12-13,17-18,20H,6-7,10-11,14-15H2,1-5H3,(H,24,26). The summed E-state index contributed by atoms with van der Waals surface area (Å²) in [5.41, 5.74) is 1.48. The summed E-state index contributed by atoms with van der Waals surface area (Å²) in [6.07, 6.45) is 5.23. The highest BCUT2D eigenvalue weighted by atomic mass is 35.5. The number of rotatable bonds is 6. The van der Waals surface area contributed by atoms with Crippen LogP contribution in [0.5, 0.6) is 0 Å². The molecule has 1 atom stereocenters. The third kappa shape index (κ3) is 6.28. The van der Waals surface area contributed by atoms with Crippen molar-refractivity contribution in [3.05, 3.63) is 34.9 Å². The Morgan fingerprint density at radius 3 is 2.23 bits per heavy atom. The molecule has 26 heavy (non-hydrogen) atoms. The minimum Gasteiger partial charge on any atom is -0.349 e. The second-order valence-corrected chi connectivity index (χ2v) is 9.56. The zero-order valence-electron chi connectivity index (χ0n) is 17.0. The Kier molecular flexibility index (Phi) is 7.54. The molecule has 0 aromatic heterocycles. The van der Waals surface area contributed by atoms with Crippen molar-refractivity contribution in [2.24, 2.45) is 17.3 Å². The van der Waals surface area contributed by atoms with Crippen molar-refractivity contribution in [3.8, 4) is 0 Å². The van der Waals surface area contributed by atoms with Crippen molar-refractivity contribution in [3.63, 3.8) is 0 Å². The van der Waals surface area contributed by atoms with Crippen molar-refractivity contribution in [1.82, 2.24) is 10.2 Å². The van der Waals surface area contributed by atoms with Gasteiger partial charge in [0.15, 0.2) is 0 Å². The van der Waals surface area contributed by atoms with Gasteiger partial charge in [-0.15, -0.1) is 0 Å². The summed E-state index contributed by atoms with van der Waals surface area (Å²) in [5.74, 6) is 1.10. The molecule has 1 aromatic rings. The fourth-order valence-electron chi connectivity index (χ4n) is 3.92. The van der Waals surface area contributed by atoms with Gasteiger partial charge < -0.3 is 10.2 Å². The van der Waals surface area contributed by atoms with Crippen LogP contribution in [-0.4, -0.2) is 31.4 Å². The molecule has 1 aliphatic rings. The number of hydrogen-bond donors (Lipinski definition) is 1. The van der Waals surface area contributed by atoms with Crippen molar-refractivity contribution in [2.45, 2.75) is 58.9 Å². The first-order chi connectivity index (χ1) is 12.2. The normalized spacial score (nSPS) is 22.3. The highest BCUT2D eigenvalue weighted by Gasteiger charge is 2.33. The Balaban J connectivity index is 1.98. The van der Waals surface area contributed by atoms with Crippen molar-refractivity contribution in [1.29, 1.82) is 0 Å². The van der Waals surface area contributed by atoms with Gasteiger partial charge in [0.25, 0.3) is 0 Å². The van der Waals surface area contributed by atoms with E-state index in [1.54, 1.807) is 0 Å². The topological polar surface area (TPSA) is 32.3 Å². The third-order valence-corrected chi connectivity index (χ3v) is 6.03.